The number of phenolic OH excluding ortho intramolecular Hbond substituents is 7. The highest BCUT2D eigenvalue weighted by molar-refractivity contribution is 6.28. The highest BCUT2D eigenvalue weighted by atomic mass is 16.4. The molecular formula is C42H28O8. The number of hydrogen-bond acceptors (Lipinski definition) is 8. The molecule has 8 heteroatoms. The second kappa shape index (κ2) is 11.0. The lowest BCUT2D eigenvalue weighted by Gasteiger charge is -2.23. The van der Waals surface area contributed by atoms with Crippen LogP contribution in [0.3, 0.4) is 0 Å². The summed E-state index contributed by atoms with van der Waals surface area (Å²) in [4.78, 5) is 0. The highest BCUT2D eigenvalue weighted by Gasteiger charge is 2.31. The lowest BCUT2D eigenvalue weighted by Crippen LogP contribution is -1.97. The van der Waals surface area contributed by atoms with E-state index >= 15 is 0 Å². The Balaban J connectivity index is 1.62. The van der Waals surface area contributed by atoms with Crippen molar-refractivity contribution in [3.05, 3.63) is 114 Å². The highest BCUT2D eigenvalue weighted by Crippen LogP contribution is 2.59. The lowest BCUT2D eigenvalue weighted by molar-refractivity contribution is 0.330. The van der Waals surface area contributed by atoms with Gasteiger partial charge in [-0.15, -0.1) is 0 Å². The van der Waals surface area contributed by atoms with Crippen LogP contribution in [0.1, 0.15) is 11.1 Å². The summed E-state index contributed by atoms with van der Waals surface area (Å²) in [6, 6.07) is 33.3. The first-order valence-electron chi connectivity index (χ1n) is 15.7. The molecule has 0 aliphatic carbocycles. The van der Waals surface area contributed by atoms with E-state index in [0.29, 0.717) is 66.3 Å². The van der Waals surface area contributed by atoms with Gasteiger partial charge in [-0.2, -0.15) is 0 Å². The Bertz CT molecular complexity index is 2660. The molecule has 0 saturated heterocycles. The number of hydrogen-bond donors (Lipinski definition) is 7. The summed E-state index contributed by atoms with van der Waals surface area (Å²) in [5.41, 5.74) is 4.02. The van der Waals surface area contributed by atoms with Gasteiger partial charge in [0.15, 0.2) is 17.1 Å². The zero-order chi connectivity index (χ0) is 35.0. The molecule has 0 spiro atoms. The molecule has 8 aromatic rings. The maximum atomic E-state index is 12.2. The number of aromatic hydroxyl groups is 7. The van der Waals surface area contributed by atoms with E-state index in [9.17, 15) is 35.7 Å². The Morgan fingerprint density at radius 2 is 0.960 bits per heavy atom. The van der Waals surface area contributed by atoms with Crippen molar-refractivity contribution >= 4 is 32.5 Å². The summed E-state index contributed by atoms with van der Waals surface area (Å²) in [5.74, 6) is -4.48. The first-order chi connectivity index (χ1) is 24.1. The van der Waals surface area contributed by atoms with E-state index in [2.05, 4.69) is 12.1 Å². The van der Waals surface area contributed by atoms with Crippen molar-refractivity contribution in [3.8, 4) is 85.0 Å². The van der Waals surface area contributed by atoms with Gasteiger partial charge in [0, 0.05) is 38.4 Å². The van der Waals surface area contributed by atoms with Gasteiger partial charge in [-0.3, -0.25) is 0 Å². The van der Waals surface area contributed by atoms with Crippen LogP contribution in [0.15, 0.2) is 95.4 Å². The fourth-order valence-corrected chi connectivity index (χ4v) is 7.01. The Morgan fingerprint density at radius 3 is 1.58 bits per heavy atom. The molecule has 1 heterocycles. The Hall–Kier alpha value is -6.98. The van der Waals surface area contributed by atoms with Gasteiger partial charge in [0.2, 0.25) is 17.2 Å². The van der Waals surface area contributed by atoms with Crippen molar-refractivity contribution < 1.29 is 40.2 Å². The predicted octanol–water partition coefficient (Wildman–Crippen LogP) is 9.56. The minimum absolute atomic E-state index is 0.0692. The van der Waals surface area contributed by atoms with Crippen LogP contribution in [0.5, 0.6) is 40.2 Å². The third kappa shape index (κ3) is 4.14. The van der Waals surface area contributed by atoms with Crippen LogP contribution in [-0.4, -0.2) is 35.7 Å². The molecular weight excluding hydrogens is 632 g/mol. The van der Waals surface area contributed by atoms with Crippen LogP contribution in [0.2, 0.25) is 0 Å². The molecule has 0 aliphatic heterocycles. The molecule has 8 rings (SSSR count). The number of benzene rings is 6. The van der Waals surface area contributed by atoms with E-state index in [-0.39, 0.29) is 28.0 Å². The number of fused-ring (bicyclic) bond motifs is 3. The zero-order valence-electron chi connectivity index (χ0n) is 26.7. The molecule has 50 heavy (non-hydrogen) atoms. The van der Waals surface area contributed by atoms with Crippen molar-refractivity contribution in [1.82, 2.24) is 0 Å². The second-order valence-corrected chi connectivity index (χ2v) is 12.2. The average Bonchev–Trinajstić information content (AvgIpc) is 3.53. The van der Waals surface area contributed by atoms with Crippen molar-refractivity contribution in [1.29, 1.82) is 0 Å². The van der Waals surface area contributed by atoms with Crippen LogP contribution in [0.25, 0.3) is 77.2 Å². The van der Waals surface area contributed by atoms with E-state index < -0.39 is 28.7 Å². The normalized spacial score (nSPS) is 11.4. The Morgan fingerprint density at radius 1 is 0.460 bits per heavy atom. The Labute approximate surface area is 285 Å². The topological polar surface area (TPSA) is 155 Å². The first-order valence-corrected chi connectivity index (χ1v) is 15.7. The van der Waals surface area contributed by atoms with Crippen molar-refractivity contribution in [2.45, 2.75) is 13.8 Å². The van der Waals surface area contributed by atoms with E-state index in [1.54, 1.807) is 44.2 Å². The van der Waals surface area contributed by atoms with E-state index in [4.69, 9.17) is 4.42 Å². The van der Waals surface area contributed by atoms with Gasteiger partial charge in [0.05, 0.1) is 5.56 Å². The number of furan rings is 1. The largest absolute Gasteiger partial charge is 0.507 e. The molecule has 8 nitrogen and oxygen atoms in total. The summed E-state index contributed by atoms with van der Waals surface area (Å²) in [7, 11) is 0. The maximum Gasteiger partial charge on any atom is 0.208 e. The average molecular weight is 661 g/mol. The summed E-state index contributed by atoms with van der Waals surface area (Å²) in [6.45, 7) is 3.43. The van der Waals surface area contributed by atoms with Crippen LogP contribution in [-0.2, 0) is 0 Å². The first kappa shape index (κ1) is 30.4. The molecule has 0 saturated carbocycles. The van der Waals surface area contributed by atoms with Crippen LogP contribution >= 0.6 is 0 Å². The van der Waals surface area contributed by atoms with Crippen LogP contribution in [0, 0.1) is 26.0 Å². The molecule has 244 valence electrons. The van der Waals surface area contributed by atoms with E-state index in [1.165, 1.54) is 0 Å². The molecule has 0 bridgehead atoms. The molecule has 0 radical (unpaired) electrons. The molecule has 7 N–H and O–H groups in total. The van der Waals surface area contributed by atoms with Gasteiger partial charge in [0.1, 0.15) is 17.3 Å². The molecule has 0 amide bonds. The van der Waals surface area contributed by atoms with Gasteiger partial charge < -0.3 is 40.2 Å². The third-order valence-corrected chi connectivity index (χ3v) is 9.55. The van der Waals surface area contributed by atoms with Crippen molar-refractivity contribution in [2.75, 3.05) is 0 Å². The Kier molecular flexibility index (Phi) is 6.70. The molecule has 0 atom stereocenters. The van der Waals surface area contributed by atoms with Gasteiger partial charge in [-0.1, -0.05) is 84.9 Å². The lowest BCUT2D eigenvalue weighted by atomic mass is 9.81. The molecule has 0 aliphatic rings. The quantitative estimate of drug-likeness (QED) is 0.0559. The van der Waals surface area contributed by atoms with Gasteiger partial charge >= 0.3 is 0 Å². The van der Waals surface area contributed by atoms with Crippen LogP contribution < -0.4 is 0 Å². The summed E-state index contributed by atoms with van der Waals surface area (Å²) in [5, 5.41) is 80.1. The van der Waals surface area contributed by atoms with Gasteiger partial charge in [-0.05, 0) is 65.1 Å². The summed E-state index contributed by atoms with van der Waals surface area (Å²) in [6.07, 6.45) is 0. The number of phenols is 7. The fraction of sp³-hybridized carbons (Fsp3) is 0.0476. The van der Waals surface area contributed by atoms with E-state index in [0.717, 1.165) is 5.56 Å². The predicted molar refractivity (Wildman–Crippen MR) is 192 cm³/mol. The minimum Gasteiger partial charge on any atom is -0.507 e. The second-order valence-electron chi connectivity index (χ2n) is 12.2. The maximum absolute atomic E-state index is 12.2. The van der Waals surface area contributed by atoms with Gasteiger partial charge in [0.25, 0.3) is 0 Å². The summed E-state index contributed by atoms with van der Waals surface area (Å²) >= 11 is 0. The smallest absolute Gasteiger partial charge is 0.208 e. The molecule has 0 unspecified atom stereocenters. The van der Waals surface area contributed by atoms with Crippen molar-refractivity contribution in [2.24, 2.45) is 0 Å². The molecule has 1 aromatic heterocycles. The third-order valence-electron chi connectivity index (χ3n) is 9.55. The standard InChI is InChI=1S/C42H28O8/c1-20-21(2)36(44)34-30(31-27-18-10-11-19-28(27)50-42(31)22-12-4-3-5-13-22)25-16-8-6-14-23(25)29(33(34)35(20)43)24-15-7-9-17-26(24)32-37(45)39(47)41(49)40(48)38(32)46/h3-10,12-18,43-49H,1-2H3. The summed E-state index contributed by atoms with van der Waals surface area (Å²) < 4.78 is 6.46. The van der Waals surface area contributed by atoms with E-state index in [1.807, 2.05) is 60.7 Å². The zero-order valence-corrected chi connectivity index (χ0v) is 26.7. The monoisotopic (exact) mass is 660 g/mol. The SMILES string of the molecule is Cc1c(C)c(O)c2c(-c3c(-c4ccccc4)oc4c#cccc34)c3ccccc3c(-c3ccccc3-c3c(O)c(O)c(O)c(O)c3O)c2c1O. The minimum atomic E-state index is -1.08. The number of rotatable bonds is 4. The molecule has 0 fully saturated rings. The van der Waals surface area contributed by atoms with Crippen LogP contribution in [0.4, 0.5) is 0 Å². The fourth-order valence-electron chi connectivity index (χ4n) is 7.01. The van der Waals surface area contributed by atoms with Gasteiger partial charge in [-0.25, -0.2) is 0 Å². The van der Waals surface area contributed by atoms with Crippen molar-refractivity contribution in [3.63, 3.8) is 0 Å². The molecule has 7 aromatic carbocycles.